The molecular weight excluding hydrogens is 384 g/mol. The molecule has 8 heteroatoms. The van der Waals surface area contributed by atoms with Crippen LogP contribution in [-0.4, -0.2) is 23.2 Å². The second kappa shape index (κ2) is 8.95. The fraction of sp³-hybridized carbons (Fsp3) is 0.136. The molecule has 0 bridgehead atoms. The van der Waals surface area contributed by atoms with Crippen molar-refractivity contribution in [1.29, 1.82) is 0 Å². The second-order valence-corrected chi connectivity index (χ2v) is 6.37. The fourth-order valence-corrected chi connectivity index (χ4v) is 2.95. The summed E-state index contributed by atoms with van der Waals surface area (Å²) >= 11 is 0. The Morgan fingerprint density at radius 2 is 1.87 bits per heavy atom. The summed E-state index contributed by atoms with van der Waals surface area (Å²) in [5.41, 5.74) is 1.91. The first kappa shape index (κ1) is 19.3. The van der Waals surface area contributed by atoms with Gasteiger partial charge in [-0.15, -0.1) is 0 Å². The molecule has 0 aliphatic heterocycles. The second-order valence-electron chi connectivity index (χ2n) is 6.37. The predicted molar refractivity (Wildman–Crippen MR) is 110 cm³/mol. The Labute approximate surface area is 172 Å². The first-order valence-corrected chi connectivity index (χ1v) is 9.34. The van der Waals surface area contributed by atoms with Gasteiger partial charge in [-0.3, -0.25) is 4.79 Å². The third kappa shape index (κ3) is 4.33. The maximum absolute atomic E-state index is 12.6. The van der Waals surface area contributed by atoms with E-state index in [4.69, 9.17) is 13.7 Å². The van der Waals surface area contributed by atoms with Crippen LogP contribution in [0.4, 0.5) is 5.69 Å². The van der Waals surface area contributed by atoms with E-state index in [1.54, 1.807) is 37.6 Å². The van der Waals surface area contributed by atoms with Crippen molar-refractivity contribution in [2.45, 2.75) is 13.1 Å². The minimum Gasteiger partial charge on any atom is -0.496 e. The Bertz CT molecular complexity index is 1120. The molecule has 0 saturated carbocycles. The highest BCUT2D eigenvalue weighted by Crippen LogP contribution is 2.27. The minimum atomic E-state index is -0.213. The lowest BCUT2D eigenvalue weighted by Crippen LogP contribution is -2.23. The van der Waals surface area contributed by atoms with Gasteiger partial charge in [0.15, 0.2) is 0 Å². The number of methoxy groups -OCH3 is 1. The van der Waals surface area contributed by atoms with Crippen LogP contribution < -0.4 is 15.4 Å². The summed E-state index contributed by atoms with van der Waals surface area (Å²) in [7, 11) is 1.59. The number of benzene rings is 2. The van der Waals surface area contributed by atoms with Gasteiger partial charge in [0, 0.05) is 5.69 Å². The summed E-state index contributed by atoms with van der Waals surface area (Å²) < 4.78 is 15.9. The normalized spacial score (nSPS) is 10.6. The van der Waals surface area contributed by atoms with Crippen molar-refractivity contribution >= 4 is 11.6 Å². The molecule has 152 valence electrons. The molecule has 2 heterocycles. The zero-order chi connectivity index (χ0) is 20.8. The average molecular weight is 404 g/mol. The third-order valence-electron chi connectivity index (χ3n) is 4.42. The molecule has 0 spiro atoms. The minimum absolute atomic E-state index is 0.213. The van der Waals surface area contributed by atoms with Gasteiger partial charge in [0.2, 0.25) is 11.7 Å². The summed E-state index contributed by atoms with van der Waals surface area (Å²) in [5.74, 6) is 1.96. The van der Waals surface area contributed by atoms with Crippen LogP contribution in [0.2, 0.25) is 0 Å². The average Bonchev–Trinajstić information content (AvgIpc) is 3.48. The fourth-order valence-electron chi connectivity index (χ4n) is 2.95. The standard InChI is InChI=1S/C22H20N4O4/c1-28-19-11-5-3-9-17(19)21-25-20(30-26-21)14-23-18-10-4-2-8-16(18)22(27)24-13-15-7-6-12-29-15/h2-12,23H,13-14H2,1H3,(H,24,27). The number of furan rings is 1. The summed E-state index contributed by atoms with van der Waals surface area (Å²) in [6, 6.07) is 18.2. The largest absolute Gasteiger partial charge is 0.496 e. The molecule has 2 aromatic carbocycles. The highest BCUT2D eigenvalue weighted by atomic mass is 16.5. The van der Waals surface area contributed by atoms with Crippen molar-refractivity contribution in [2.75, 3.05) is 12.4 Å². The Kier molecular flexibility index (Phi) is 5.75. The van der Waals surface area contributed by atoms with Crippen molar-refractivity contribution in [3.8, 4) is 17.1 Å². The number of carbonyl (C=O) groups excluding carboxylic acids is 1. The number of nitrogens with zero attached hydrogens (tertiary/aromatic N) is 2. The van der Waals surface area contributed by atoms with Gasteiger partial charge in [0.25, 0.3) is 5.91 Å². The van der Waals surface area contributed by atoms with E-state index in [9.17, 15) is 4.79 Å². The van der Waals surface area contributed by atoms with Crippen molar-refractivity contribution < 1.29 is 18.5 Å². The van der Waals surface area contributed by atoms with Gasteiger partial charge in [-0.05, 0) is 36.4 Å². The molecular formula is C22H20N4O4. The van der Waals surface area contributed by atoms with Crippen molar-refractivity contribution in [2.24, 2.45) is 0 Å². The first-order chi connectivity index (χ1) is 14.7. The zero-order valence-corrected chi connectivity index (χ0v) is 16.3. The number of nitrogens with one attached hydrogen (secondary N) is 2. The van der Waals surface area contributed by atoms with E-state index < -0.39 is 0 Å². The van der Waals surface area contributed by atoms with Crippen LogP contribution >= 0.6 is 0 Å². The van der Waals surface area contributed by atoms with Gasteiger partial charge in [-0.2, -0.15) is 4.98 Å². The topological polar surface area (TPSA) is 102 Å². The molecule has 0 aliphatic rings. The summed E-state index contributed by atoms with van der Waals surface area (Å²) in [6.07, 6.45) is 1.57. The van der Waals surface area contributed by atoms with Crippen molar-refractivity contribution in [1.82, 2.24) is 15.5 Å². The molecule has 0 radical (unpaired) electrons. The van der Waals surface area contributed by atoms with Crippen LogP contribution in [0, 0.1) is 0 Å². The number of hydrogen-bond acceptors (Lipinski definition) is 7. The summed E-state index contributed by atoms with van der Waals surface area (Å²) in [5, 5.41) is 10.1. The Hall–Kier alpha value is -4.07. The van der Waals surface area contributed by atoms with Gasteiger partial charge >= 0.3 is 0 Å². The van der Waals surface area contributed by atoms with Crippen LogP contribution in [0.3, 0.4) is 0 Å². The van der Waals surface area contributed by atoms with E-state index in [-0.39, 0.29) is 12.5 Å². The monoisotopic (exact) mass is 404 g/mol. The Balaban J connectivity index is 1.43. The molecule has 0 saturated heterocycles. The van der Waals surface area contributed by atoms with Crippen LogP contribution in [0.15, 0.2) is 75.9 Å². The van der Waals surface area contributed by atoms with E-state index in [0.717, 1.165) is 5.56 Å². The Morgan fingerprint density at radius 3 is 2.70 bits per heavy atom. The van der Waals surface area contributed by atoms with E-state index in [1.165, 1.54) is 0 Å². The van der Waals surface area contributed by atoms with E-state index in [0.29, 0.717) is 41.0 Å². The molecule has 0 fully saturated rings. The van der Waals surface area contributed by atoms with E-state index in [2.05, 4.69) is 20.8 Å². The smallest absolute Gasteiger partial charge is 0.253 e. The highest BCUT2D eigenvalue weighted by molar-refractivity contribution is 5.99. The number of para-hydroxylation sites is 2. The molecule has 4 rings (SSSR count). The van der Waals surface area contributed by atoms with E-state index >= 15 is 0 Å². The number of ether oxygens (including phenoxy) is 1. The molecule has 2 N–H and O–H groups in total. The SMILES string of the molecule is COc1ccccc1-c1noc(CNc2ccccc2C(=O)NCc2ccco2)n1. The number of amides is 1. The molecule has 0 aliphatic carbocycles. The van der Waals surface area contributed by atoms with Crippen molar-refractivity contribution in [3.63, 3.8) is 0 Å². The molecule has 1 amide bonds. The van der Waals surface area contributed by atoms with Crippen molar-refractivity contribution in [3.05, 3.63) is 84.1 Å². The Morgan fingerprint density at radius 1 is 1.03 bits per heavy atom. The third-order valence-corrected chi connectivity index (χ3v) is 4.42. The van der Waals surface area contributed by atoms with Gasteiger partial charge in [0.05, 0.1) is 37.6 Å². The molecule has 30 heavy (non-hydrogen) atoms. The van der Waals surface area contributed by atoms with Gasteiger partial charge in [-0.1, -0.05) is 29.4 Å². The molecule has 0 atom stereocenters. The lowest BCUT2D eigenvalue weighted by molar-refractivity contribution is 0.0949. The first-order valence-electron chi connectivity index (χ1n) is 9.34. The number of rotatable bonds is 8. The molecule has 4 aromatic rings. The van der Waals surface area contributed by atoms with Crippen LogP contribution in [0.5, 0.6) is 5.75 Å². The van der Waals surface area contributed by atoms with E-state index in [1.807, 2.05) is 36.4 Å². The molecule has 8 nitrogen and oxygen atoms in total. The lowest BCUT2D eigenvalue weighted by atomic mass is 10.1. The quantitative estimate of drug-likeness (QED) is 0.459. The maximum Gasteiger partial charge on any atom is 0.253 e. The number of hydrogen-bond donors (Lipinski definition) is 2. The number of anilines is 1. The lowest BCUT2D eigenvalue weighted by Gasteiger charge is -2.10. The van der Waals surface area contributed by atoms with Gasteiger partial charge < -0.3 is 24.3 Å². The van der Waals surface area contributed by atoms with Crippen LogP contribution in [0.25, 0.3) is 11.4 Å². The summed E-state index contributed by atoms with van der Waals surface area (Å²) in [6.45, 7) is 0.580. The summed E-state index contributed by atoms with van der Waals surface area (Å²) in [4.78, 5) is 17.0. The van der Waals surface area contributed by atoms with Crippen LogP contribution in [-0.2, 0) is 13.1 Å². The number of aromatic nitrogens is 2. The molecule has 0 unspecified atom stereocenters. The molecule has 2 aromatic heterocycles. The predicted octanol–water partition coefficient (Wildman–Crippen LogP) is 3.88. The number of carbonyl (C=O) groups is 1. The maximum atomic E-state index is 12.6. The zero-order valence-electron chi connectivity index (χ0n) is 16.3. The highest BCUT2D eigenvalue weighted by Gasteiger charge is 2.15. The van der Waals surface area contributed by atoms with Crippen LogP contribution in [0.1, 0.15) is 22.0 Å². The van der Waals surface area contributed by atoms with Gasteiger partial charge in [0.1, 0.15) is 11.5 Å². The van der Waals surface area contributed by atoms with Gasteiger partial charge in [-0.25, -0.2) is 0 Å².